The highest BCUT2D eigenvalue weighted by atomic mass is 32.2. The second kappa shape index (κ2) is 5.35. The predicted molar refractivity (Wildman–Crippen MR) is 64.2 cm³/mol. The van der Waals surface area contributed by atoms with Crippen LogP contribution in [0, 0.1) is 0 Å². The summed E-state index contributed by atoms with van der Waals surface area (Å²) in [6.45, 7) is 3.09. The molecule has 1 rings (SSSR count). The van der Waals surface area contributed by atoms with Gasteiger partial charge >= 0.3 is 15.6 Å². The van der Waals surface area contributed by atoms with Gasteiger partial charge in [-0.1, -0.05) is 18.7 Å². The molecule has 1 aromatic rings. The van der Waals surface area contributed by atoms with Gasteiger partial charge in [-0.3, -0.25) is 4.79 Å². The van der Waals surface area contributed by atoms with Crippen LogP contribution in [0.1, 0.15) is 5.56 Å². The van der Waals surface area contributed by atoms with Crippen LogP contribution in [0.3, 0.4) is 0 Å². The van der Waals surface area contributed by atoms with Crippen LogP contribution in [0.4, 0.5) is 17.6 Å². The molecule has 0 heterocycles. The van der Waals surface area contributed by atoms with E-state index >= 15 is 0 Å². The first-order valence-electron chi connectivity index (χ1n) is 5.18. The molecular formula is C11H9F4NO4S. The molecule has 10 heteroatoms. The highest BCUT2D eigenvalue weighted by Gasteiger charge is 2.48. The Bertz CT molecular complexity index is 654. The molecule has 0 saturated carbocycles. The van der Waals surface area contributed by atoms with Gasteiger partial charge in [0.25, 0.3) is 5.91 Å². The van der Waals surface area contributed by atoms with E-state index < -0.39 is 33.0 Å². The molecule has 0 aliphatic heterocycles. The number of carbonyl (C=O) groups is 1. The minimum absolute atomic E-state index is 0.332. The van der Waals surface area contributed by atoms with E-state index in [9.17, 15) is 30.8 Å². The van der Waals surface area contributed by atoms with Crippen molar-refractivity contribution in [1.82, 2.24) is 0 Å². The Hall–Kier alpha value is -2.10. The lowest BCUT2D eigenvalue weighted by atomic mass is 9.95. The molecule has 5 nitrogen and oxygen atoms in total. The van der Waals surface area contributed by atoms with Crippen molar-refractivity contribution in [3.63, 3.8) is 0 Å². The fourth-order valence-electron chi connectivity index (χ4n) is 1.29. The van der Waals surface area contributed by atoms with Gasteiger partial charge in [0.05, 0.1) is 0 Å². The number of primary amides is 1. The SMILES string of the molecule is C=C[C@](F)(C(N)=O)c1ccc(OS(=O)(=O)C(F)(F)F)cc1. The van der Waals surface area contributed by atoms with E-state index in [4.69, 9.17) is 5.73 Å². The number of benzene rings is 1. The van der Waals surface area contributed by atoms with Crippen LogP contribution in [0.15, 0.2) is 36.9 Å². The minimum Gasteiger partial charge on any atom is -0.376 e. The summed E-state index contributed by atoms with van der Waals surface area (Å²) in [7, 11) is -5.83. The second-order valence-electron chi connectivity index (χ2n) is 3.79. The Kier molecular flexibility index (Phi) is 4.32. The van der Waals surface area contributed by atoms with Crippen molar-refractivity contribution in [1.29, 1.82) is 0 Å². The second-order valence-corrected chi connectivity index (χ2v) is 5.33. The first-order valence-corrected chi connectivity index (χ1v) is 6.58. The van der Waals surface area contributed by atoms with E-state index in [2.05, 4.69) is 10.8 Å². The van der Waals surface area contributed by atoms with E-state index in [0.29, 0.717) is 6.08 Å². The molecule has 0 spiro atoms. The standard InChI is InChI=1S/C11H9F4NO4S/c1-2-10(12,9(16)17)7-3-5-8(6-4-7)20-21(18,19)11(13,14)15/h2-6H,1H2,(H2,16,17)/t10-/m1/s1. The Morgan fingerprint density at radius 1 is 1.19 bits per heavy atom. The van der Waals surface area contributed by atoms with Crippen molar-refractivity contribution >= 4 is 16.0 Å². The third kappa shape index (κ3) is 3.32. The van der Waals surface area contributed by atoms with Gasteiger partial charge in [0.2, 0.25) is 5.67 Å². The third-order valence-electron chi connectivity index (χ3n) is 2.40. The number of amides is 1. The van der Waals surface area contributed by atoms with Crippen molar-refractivity contribution < 1.29 is 35.0 Å². The molecule has 0 aromatic heterocycles. The van der Waals surface area contributed by atoms with Gasteiger partial charge in [-0.15, -0.1) is 0 Å². The maximum atomic E-state index is 14.1. The van der Waals surface area contributed by atoms with E-state index in [0.717, 1.165) is 24.3 Å². The van der Waals surface area contributed by atoms with Gasteiger partial charge in [0, 0.05) is 5.56 Å². The summed E-state index contributed by atoms with van der Waals surface area (Å²) >= 11 is 0. The molecule has 0 aliphatic carbocycles. The highest BCUT2D eigenvalue weighted by molar-refractivity contribution is 7.87. The number of rotatable bonds is 5. The zero-order chi connectivity index (χ0) is 16.5. The molecule has 0 saturated heterocycles. The summed E-state index contributed by atoms with van der Waals surface area (Å²) in [5.41, 5.74) is -3.81. The summed E-state index contributed by atoms with van der Waals surface area (Å²) in [5.74, 6) is -2.08. The van der Waals surface area contributed by atoms with Gasteiger partial charge < -0.3 is 9.92 Å². The van der Waals surface area contributed by atoms with Gasteiger partial charge in [-0.25, -0.2) is 4.39 Å². The Morgan fingerprint density at radius 3 is 2.00 bits per heavy atom. The van der Waals surface area contributed by atoms with Crippen molar-refractivity contribution in [3.8, 4) is 5.75 Å². The van der Waals surface area contributed by atoms with Crippen molar-refractivity contribution in [2.24, 2.45) is 5.73 Å². The Balaban J connectivity index is 3.10. The molecular weight excluding hydrogens is 318 g/mol. The summed E-state index contributed by atoms with van der Waals surface area (Å²) < 4.78 is 75.7. The summed E-state index contributed by atoms with van der Waals surface area (Å²) in [5, 5.41) is 0. The molecule has 0 fully saturated rings. The van der Waals surface area contributed by atoms with Crippen LogP contribution in [-0.4, -0.2) is 19.8 Å². The normalized spacial score (nSPS) is 15.0. The molecule has 1 aromatic carbocycles. The minimum atomic E-state index is -5.83. The smallest absolute Gasteiger partial charge is 0.376 e. The van der Waals surface area contributed by atoms with Crippen LogP contribution in [0.25, 0.3) is 0 Å². The maximum Gasteiger partial charge on any atom is 0.534 e. The molecule has 1 atom stereocenters. The van der Waals surface area contributed by atoms with Crippen LogP contribution in [0.5, 0.6) is 5.75 Å². The van der Waals surface area contributed by atoms with Crippen LogP contribution in [-0.2, 0) is 20.6 Å². The number of nitrogens with two attached hydrogens (primary N) is 1. The predicted octanol–water partition coefficient (Wildman–Crippen LogP) is 1.75. The van der Waals surface area contributed by atoms with Crippen LogP contribution >= 0.6 is 0 Å². The molecule has 21 heavy (non-hydrogen) atoms. The molecule has 0 bridgehead atoms. The maximum absolute atomic E-state index is 14.1. The number of hydrogen-bond donors (Lipinski definition) is 1. The largest absolute Gasteiger partial charge is 0.534 e. The molecule has 0 aliphatic rings. The van der Waals surface area contributed by atoms with Gasteiger partial charge in [0.15, 0.2) is 0 Å². The highest BCUT2D eigenvalue weighted by Crippen LogP contribution is 2.31. The zero-order valence-electron chi connectivity index (χ0n) is 10.2. The number of halogens is 4. The van der Waals surface area contributed by atoms with Gasteiger partial charge in [0.1, 0.15) is 5.75 Å². The molecule has 116 valence electrons. The van der Waals surface area contributed by atoms with Crippen molar-refractivity contribution in [2.45, 2.75) is 11.2 Å². The fraction of sp³-hybridized carbons (Fsp3) is 0.182. The van der Waals surface area contributed by atoms with Gasteiger partial charge in [-0.05, 0) is 18.2 Å². The van der Waals surface area contributed by atoms with E-state index in [-0.39, 0.29) is 5.56 Å². The first kappa shape index (κ1) is 17.0. The lowest BCUT2D eigenvalue weighted by molar-refractivity contribution is -0.127. The third-order valence-corrected chi connectivity index (χ3v) is 3.38. The van der Waals surface area contributed by atoms with Gasteiger partial charge in [-0.2, -0.15) is 21.6 Å². The van der Waals surface area contributed by atoms with E-state index in [1.54, 1.807) is 0 Å². The summed E-state index contributed by atoms with van der Waals surface area (Å²) in [6.07, 6.45) is 0.609. The lowest BCUT2D eigenvalue weighted by Crippen LogP contribution is -2.35. The van der Waals surface area contributed by atoms with Crippen molar-refractivity contribution in [3.05, 3.63) is 42.5 Å². The quantitative estimate of drug-likeness (QED) is 0.386. The number of hydrogen-bond acceptors (Lipinski definition) is 4. The molecule has 0 radical (unpaired) electrons. The molecule has 1 amide bonds. The van der Waals surface area contributed by atoms with Crippen molar-refractivity contribution in [2.75, 3.05) is 0 Å². The number of carbonyl (C=O) groups excluding carboxylic acids is 1. The average Bonchev–Trinajstić information content (AvgIpc) is 2.36. The number of alkyl halides is 4. The lowest BCUT2D eigenvalue weighted by Gasteiger charge is -2.18. The van der Waals surface area contributed by atoms with Crippen LogP contribution in [0.2, 0.25) is 0 Å². The summed E-state index contributed by atoms with van der Waals surface area (Å²) in [6, 6.07) is 3.21. The molecule has 0 unspecified atom stereocenters. The molecule has 2 N–H and O–H groups in total. The van der Waals surface area contributed by atoms with E-state index in [1.165, 1.54) is 0 Å². The average molecular weight is 327 g/mol. The van der Waals surface area contributed by atoms with Crippen LogP contribution < -0.4 is 9.92 Å². The Morgan fingerprint density at radius 2 is 1.67 bits per heavy atom. The van der Waals surface area contributed by atoms with E-state index in [1.807, 2.05) is 0 Å². The topological polar surface area (TPSA) is 86.5 Å². The monoisotopic (exact) mass is 327 g/mol. The summed E-state index contributed by atoms with van der Waals surface area (Å²) in [4.78, 5) is 11.0. The fourth-order valence-corrected chi connectivity index (χ4v) is 1.75. The Labute approximate surface area is 117 Å². The first-order chi connectivity index (χ1) is 9.44. The zero-order valence-corrected chi connectivity index (χ0v) is 11.0.